The number of aliphatic hydroxyl groups is 1. The second-order valence-corrected chi connectivity index (χ2v) is 7.13. The molecule has 32 heavy (non-hydrogen) atoms. The first-order valence-electron chi connectivity index (χ1n) is 9.66. The number of benzene rings is 2. The van der Waals surface area contributed by atoms with Gasteiger partial charge in [-0.15, -0.1) is 0 Å². The minimum absolute atomic E-state index is 0.00880. The summed E-state index contributed by atoms with van der Waals surface area (Å²) >= 11 is 3.01. The van der Waals surface area contributed by atoms with Gasteiger partial charge in [-0.1, -0.05) is 52.0 Å². The molecule has 0 saturated heterocycles. The highest BCUT2D eigenvalue weighted by molar-refractivity contribution is 9.09. The first-order chi connectivity index (χ1) is 15.5. The van der Waals surface area contributed by atoms with E-state index in [-0.39, 0.29) is 24.4 Å². The number of allylic oxidation sites excluding steroid dienone is 1. The van der Waals surface area contributed by atoms with E-state index in [1.54, 1.807) is 30.3 Å². The second kappa shape index (κ2) is 13.1. The van der Waals surface area contributed by atoms with Crippen LogP contribution in [0, 0.1) is 11.8 Å². The number of alkyl halides is 1. The third-order valence-corrected chi connectivity index (χ3v) is 4.81. The Kier molecular flexibility index (Phi) is 10.2. The molecule has 0 aromatic heterocycles. The van der Waals surface area contributed by atoms with Crippen molar-refractivity contribution >= 4 is 39.8 Å². The Balaban J connectivity index is 1.97. The minimum Gasteiger partial charge on any atom is -0.467 e. The maximum atomic E-state index is 12.5. The van der Waals surface area contributed by atoms with Crippen LogP contribution in [0.15, 0.2) is 54.6 Å². The molecule has 0 aliphatic carbocycles. The van der Waals surface area contributed by atoms with Crippen LogP contribution in [0.25, 0.3) is 6.08 Å². The molecule has 0 bridgehead atoms. The number of nitrogens with one attached hydrogen (secondary N) is 2. The SMILES string of the molecule is COC(=O)[C@H](CNC(=O)CBr)NC(=O)c1ccc(C#C/C=C/c2ccc(CO)cc2)cc1. The number of aliphatic hydroxyl groups excluding tert-OH is 1. The smallest absolute Gasteiger partial charge is 0.330 e. The van der Waals surface area contributed by atoms with Gasteiger partial charge in [-0.2, -0.15) is 0 Å². The molecule has 2 amide bonds. The summed E-state index contributed by atoms with van der Waals surface area (Å²) in [6.07, 6.45) is 3.58. The Morgan fingerprint density at radius 2 is 1.81 bits per heavy atom. The summed E-state index contributed by atoms with van der Waals surface area (Å²) < 4.78 is 4.68. The van der Waals surface area contributed by atoms with Gasteiger partial charge >= 0.3 is 5.97 Å². The summed E-state index contributed by atoms with van der Waals surface area (Å²) in [6.45, 7) is -0.0731. The van der Waals surface area contributed by atoms with Gasteiger partial charge in [0.15, 0.2) is 0 Å². The molecular formula is C24H23BrN2O5. The highest BCUT2D eigenvalue weighted by Gasteiger charge is 2.22. The van der Waals surface area contributed by atoms with Crippen LogP contribution in [0.2, 0.25) is 0 Å². The van der Waals surface area contributed by atoms with Gasteiger partial charge in [-0.05, 0) is 47.5 Å². The number of halogens is 1. The molecule has 166 valence electrons. The van der Waals surface area contributed by atoms with Crippen LogP contribution < -0.4 is 10.6 Å². The van der Waals surface area contributed by atoms with E-state index in [4.69, 9.17) is 5.11 Å². The summed E-state index contributed by atoms with van der Waals surface area (Å²) in [5.41, 5.74) is 2.88. The Bertz CT molecular complexity index is 1020. The summed E-state index contributed by atoms with van der Waals surface area (Å²) in [7, 11) is 1.21. The van der Waals surface area contributed by atoms with E-state index in [0.29, 0.717) is 5.56 Å². The molecule has 0 heterocycles. The normalized spacial score (nSPS) is 11.2. The standard InChI is InChI=1S/C24H23BrN2O5/c1-32-24(31)21(15-26-22(29)14-25)27-23(30)20-12-10-18(11-13-20)5-3-2-4-17-6-8-19(16-28)9-7-17/h2,4,6-13,21,28H,14-16H2,1H3,(H,26,29)(H,27,30)/b4-2+/t21-/m0/s1. The molecular weight excluding hydrogens is 476 g/mol. The number of carbonyl (C=O) groups is 3. The van der Waals surface area contributed by atoms with Crippen molar-refractivity contribution in [3.8, 4) is 11.8 Å². The number of carbonyl (C=O) groups excluding carboxylic acids is 3. The number of esters is 1. The van der Waals surface area contributed by atoms with E-state index < -0.39 is 17.9 Å². The van der Waals surface area contributed by atoms with Gasteiger partial charge in [0.1, 0.15) is 6.04 Å². The van der Waals surface area contributed by atoms with Crippen molar-refractivity contribution in [2.75, 3.05) is 19.0 Å². The maximum Gasteiger partial charge on any atom is 0.330 e. The molecule has 1 atom stereocenters. The second-order valence-electron chi connectivity index (χ2n) is 6.57. The number of hydrogen-bond acceptors (Lipinski definition) is 5. The Hall–Kier alpha value is -3.41. The number of amides is 2. The van der Waals surface area contributed by atoms with Crippen LogP contribution in [0.3, 0.4) is 0 Å². The van der Waals surface area contributed by atoms with Gasteiger partial charge < -0.3 is 20.5 Å². The van der Waals surface area contributed by atoms with Crippen LogP contribution in [0.5, 0.6) is 0 Å². The third kappa shape index (κ3) is 8.02. The molecule has 0 aliphatic heterocycles. The Labute approximate surface area is 195 Å². The molecule has 0 aliphatic rings. The molecule has 0 saturated carbocycles. The largest absolute Gasteiger partial charge is 0.467 e. The van der Waals surface area contributed by atoms with Crippen LogP contribution in [0.4, 0.5) is 0 Å². The summed E-state index contributed by atoms with van der Waals surface area (Å²) in [5, 5.41) is 14.2. The average Bonchev–Trinajstić information content (AvgIpc) is 2.84. The topological polar surface area (TPSA) is 105 Å². The molecule has 0 unspecified atom stereocenters. The lowest BCUT2D eigenvalue weighted by Gasteiger charge is -2.17. The van der Waals surface area contributed by atoms with Crippen LogP contribution >= 0.6 is 15.9 Å². The predicted octanol–water partition coefficient (Wildman–Crippen LogP) is 2.03. The van der Waals surface area contributed by atoms with Crippen molar-refractivity contribution in [3.05, 3.63) is 76.9 Å². The Morgan fingerprint density at radius 3 is 2.41 bits per heavy atom. The molecule has 2 aromatic carbocycles. The van der Waals surface area contributed by atoms with E-state index in [9.17, 15) is 14.4 Å². The fourth-order valence-corrected chi connectivity index (χ4v) is 2.74. The van der Waals surface area contributed by atoms with Crippen molar-refractivity contribution < 1.29 is 24.2 Å². The first kappa shape index (κ1) is 24.9. The zero-order valence-corrected chi connectivity index (χ0v) is 19.0. The van der Waals surface area contributed by atoms with Gasteiger partial charge in [0.25, 0.3) is 5.91 Å². The maximum absolute atomic E-state index is 12.5. The predicted molar refractivity (Wildman–Crippen MR) is 125 cm³/mol. The highest BCUT2D eigenvalue weighted by Crippen LogP contribution is 2.07. The molecule has 0 radical (unpaired) electrons. The van der Waals surface area contributed by atoms with E-state index in [1.807, 2.05) is 30.3 Å². The lowest BCUT2D eigenvalue weighted by atomic mass is 10.1. The summed E-state index contributed by atoms with van der Waals surface area (Å²) in [6, 6.07) is 13.1. The van der Waals surface area contributed by atoms with Gasteiger partial charge in [0.2, 0.25) is 5.91 Å². The Morgan fingerprint density at radius 1 is 1.12 bits per heavy atom. The van der Waals surface area contributed by atoms with Gasteiger partial charge in [0.05, 0.1) is 19.0 Å². The van der Waals surface area contributed by atoms with Crippen molar-refractivity contribution in [2.45, 2.75) is 12.6 Å². The number of hydrogen-bond donors (Lipinski definition) is 3. The number of ether oxygens (including phenoxy) is 1. The molecule has 3 N–H and O–H groups in total. The van der Waals surface area contributed by atoms with Crippen molar-refractivity contribution in [1.29, 1.82) is 0 Å². The fraction of sp³-hybridized carbons (Fsp3) is 0.208. The summed E-state index contributed by atoms with van der Waals surface area (Å²) in [4.78, 5) is 35.7. The fourth-order valence-electron chi connectivity index (χ4n) is 2.54. The summed E-state index contributed by atoms with van der Waals surface area (Å²) in [5.74, 6) is 4.46. The molecule has 8 heteroatoms. The van der Waals surface area contributed by atoms with Crippen molar-refractivity contribution in [3.63, 3.8) is 0 Å². The number of rotatable bonds is 8. The van der Waals surface area contributed by atoms with Crippen LogP contribution in [-0.2, 0) is 20.9 Å². The first-order valence-corrected chi connectivity index (χ1v) is 10.8. The minimum atomic E-state index is -1.01. The lowest BCUT2D eigenvalue weighted by Crippen LogP contribution is -2.49. The zero-order valence-electron chi connectivity index (χ0n) is 17.4. The molecule has 7 nitrogen and oxygen atoms in total. The van der Waals surface area contributed by atoms with Gasteiger partial charge in [-0.3, -0.25) is 9.59 Å². The lowest BCUT2D eigenvalue weighted by molar-refractivity contribution is -0.142. The average molecular weight is 499 g/mol. The molecule has 0 spiro atoms. The van der Waals surface area contributed by atoms with E-state index in [1.165, 1.54) is 7.11 Å². The monoisotopic (exact) mass is 498 g/mol. The van der Waals surface area contributed by atoms with E-state index >= 15 is 0 Å². The third-order valence-electron chi connectivity index (χ3n) is 4.30. The quantitative estimate of drug-likeness (QED) is 0.293. The zero-order chi connectivity index (χ0) is 23.3. The molecule has 2 rings (SSSR count). The molecule has 2 aromatic rings. The molecule has 0 fully saturated rings. The van der Waals surface area contributed by atoms with Gasteiger partial charge in [-0.25, -0.2) is 4.79 Å². The van der Waals surface area contributed by atoms with E-state index in [0.717, 1.165) is 16.7 Å². The van der Waals surface area contributed by atoms with Crippen LogP contribution in [-0.4, -0.2) is 47.9 Å². The van der Waals surface area contributed by atoms with E-state index in [2.05, 4.69) is 43.1 Å². The van der Waals surface area contributed by atoms with Crippen LogP contribution in [0.1, 0.15) is 27.0 Å². The van der Waals surface area contributed by atoms with Crippen molar-refractivity contribution in [1.82, 2.24) is 10.6 Å². The van der Waals surface area contributed by atoms with Gasteiger partial charge in [0, 0.05) is 17.7 Å². The number of methoxy groups -OCH3 is 1. The highest BCUT2D eigenvalue weighted by atomic mass is 79.9. The van der Waals surface area contributed by atoms with Crippen molar-refractivity contribution in [2.24, 2.45) is 0 Å².